The lowest BCUT2D eigenvalue weighted by molar-refractivity contribution is 0.670. The van der Waals surface area contributed by atoms with Crippen molar-refractivity contribution in [1.82, 2.24) is 14.5 Å². The van der Waals surface area contributed by atoms with Gasteiger partial charge < -0.3 is 4.42 Å². The summed E-state index contributed by atoms with van der Waals surface area (Å²) in [6.45, 7) is 0. The molecule has 0 radical (unpaired) electrons. The van der Waals surface area contributed by atoms with Crippen LogP contribution in [0.15, 0.2) is 144 Å². The maximum absolute atomic E-state index is 6.69. The Balaban J connectivity index is 1.31. The van der Waals surface area contributed by atoms with Crippen molar-refractivity contribution >= 4 is 96.9 Å². The maximum atomic E-state index is 6.69. The first kappa shape index (κ1) is 25.2. The van der Waals surface area contributed by atoms with Crippen molar-refractivity contribution in [3.63, 3.8) is 0 Å². The van der Waals surface area contributed by atoms with Crippen LogP contribution >= 0.6 is 11.3 Å². The van der Waals surface area contributed by atoms with Gasteiger partial charge in [0.05, 0.1) is 26.9 Å². The third-order valence-electron chi connectivity index (χ3n) is 9.60. The molecule has 0 N–H and O–H groups in total. The van der Waals surface area contributed by atoms with Gasteiger partial charge in [0.25, 0.3) is 0 Å². The molecule has 0 fully saturated rings. The van der Waals surface area contributed by atoms with Crippen molar-refractivity contribution in [2.75, 3.05) is 0 Å². The summed E-state index contributed by atoms with van der Waals surface area (Å²) in [7, 11) is 0. The van der Waals surface area contributed by atoms with E-state index >= 15 is 0 Å². The summed E-state index contributed by atoms with van der Waals surface area (Å²) in [5.74, 6) is 0.646. The fourth-order valence-electron chi connectivity index (χ4n) is 7.56. The molecule has 5 heteroatoms. The Kier molecular flexibility index (Phi) is 4.96. The van der Waals surface area contributed by atoms with E-state index in [1.807, 2.05) is 23.5 Å². The molecule has 11 aromatic rings. The zero-order valence-electron chi connectivity index (χ0n) is 24.9. The molecule has 11 rings (SSSR count). The molecule has 0 bridgehead atoms. The predicted octanol–water partition coefficient (Wildman–Crippen LogP) is 11.8. The third kappa shape index (κ3) is 3.41. The van der Waals surface area contributed by atoms with Crippen molar-refractivity contribution in [2.45, 2.75) is 0 Å². The highest BCUT2D eigenvalue weighted by atomic mass is 32.1. The number of hydrogen-bond donors (Lipinski definition) is 0. The van der Waals surface area contributed by atoms with Crippen LogP contribution in [0.3, 0.4) is 0 Å². The Labute approximate surface area is 271 Å². The smallest absolute Gasteiger partial charge is 0.235 e. The van der Waals surface area contributed by atoms with Gasteiger partial charge in [0.2, 0.25) is 5.95 Å². The molecule has 47 heavy (non-hydrogen) atoms. The highest BCUT2D eigenvalue weighted by Gasteiger charge is 2.23. The van der Waals surface area contributed by atoms with Gasteiger partial charge in [-0.3, -0.25) is 4.57 Å². The lowest BCUT2D eigenvalue weighted by atomic mass is 9.97. The summed E-state index contributed by atoms with van der Waals surface area (Å²) in [6.07, 6.45) is 0. The van der Waals surface area contributed by atoms with E-state index in [1.54, 1.807) is 0 Å². The molecule has 7 aromatic carbocycles. The molecule has 0 amide bonds. The SMILES string of the molecule is c1ccc2c(c1)cc(-c1nc(-n3c4ccccc4c4ccc5c6ccccc6sc5c43)nc3ccccc13)c1oc3ccccc3c12. The molecule has 4 heterocycles. The standard InChI is InChI=1S/C42H23N3OS/c1-2-12-25-24(11-1)23-32(40-37(25)31-16-5-9-19-35(31)46-40)38-30-15-3-7-17-33(30)43-42(44-38)45-34-18-8-4-13-26(34)28-21-22-29-27-14-6-10-20-36(27)47-41(29)39(28)45/h1-23H. The third-order valence-corrected chi connectivity index (χ3v) is 10.8. The maximum Gasteiger partial charge on any atom is 0.235 e. The number of benzene rings is 7. The fourth-order valence-corrected chi connectivity index (χ4v) is 8.80. The first-order valence-electron chi connectivity index (χ1n) is 15.8. The largest absolute Gasteiger partial charge is 0.455 e. The normalized spacial score (nSPS) is 12.3. The molecule has 4 aromatic heterocycles. The Morgan fingerprint density at radius 2 is 1.26 bits per heavy atom. The Morgan fingerprint density at radius 1 is 0.553 bits per heavy atom. The zero-order chi connectivity index (χ0) is 30.6. The first-order chi connectivity index (χ1) is 23.3. The van der Waals surface area contributed by atoms with Crippen LogP contribution in [0.1, 0.15) is 0 Å². The lowest BCUT2D eigenvalue weighted by Gasteiger charge is -2.13. The van der Waals surface area contributed by atoms with Crippen LogP contribution in [0.2, 0.25) is 0 Å². The van der Waals surface area contributed by atoms with Crippen LogP contribution in [0.4, 0.5) is 0 Å². The summed E-state index contributed by atoms with van der Waals surface area (Å²) in [4.78, 5) is 10.8. The fraction of sp³-hybridized carbons (Fsp3) is 0. The number of hydrogen-bond acceptors (Lipinski definition) is 4. The molecule has 0 saturated heterocycles. The summed E-state index contributed by atoms with van der Waals surface area (Å²) in [6, 6.07) is 49.2. The predicted molar refractivity (Wildman–Crippen MR) is 197 cm³/mol. The van der Waals surface area contributed by atoms with Crippen molar-refractivity contribution in [3.8, 4) is 17.2 Å². The van der Waals surface area contributed by atoms with Gasteiger partial charge in [-0.05, 0) is 41.1 Å². The molecule has 0 saturated carbocycles. The van der Waals surface area contributed by atoms with E-state index in [-0.39, 0.29) is 0 Å². The van der Waals surface area contributed by atoms with Crippen LogP contribution < -0.4 is 0 Å². The topological polar surface area (TPSA) is 43.9 Å². The van der Waals surface area contributed by atoms with E-state index in [2.05, 4.69) is 132 Å². The Bertz CT molecular complexity index is 3090. The van der Waals surface area contributed by atoms with E-state index in [9.17, 15) is 0 Å². The molecule has 4 nitrogen and oxygen atoms in total. The number of para-hydroxylation sites is 3. The van der Waals surface area contributed by atoms with Crippen molar-refractivity contribution < 1.29 is 4.42 Å². The molecular weight excluding hydrogens is 595 g/mol. The van der Waals surface area contributed by atoms with Crippen LogP contribution in [0.25, 0.3) is 103 Å². The summed E-state index contributed by atoms with van der Waals surface area (Å²) < 4.78 is 11.5. The molecule has 0 atom stereocenters. The number of thiophene rings is 1. The minimum Gasteiger partial charge on any atom is -0.455 e. The zero-order valence-corrected chi connectivity index (χ0v) is 25.8. The summed E-state index contributed by atoms with van der Waals surface area (Å²) in [5.41, 5.74) is 6.64. The van der Waals surface area contributed by atoms with Crippen LogP contribution in [0, 0.1) is 0 Å². The van der Waals surface area contributed by atoms with E-state index in [1.165, 1.54) is 36.3 Å². The van der Waals surface area contributed by atoms with Gasteiger partial charge >= 0.3 is 0 Å². The van der Waals surface area contributed by atoms with Gasteiger partial charge in [-0.15, -0.1) is 11.3 Å². The highest BCUT2D eigenvalue weighted by molar-refractivity contribution is 7.26. The quantitative estimate of drug-likeness (QED) is 0.194. The molecule has 0 spiro atoms. The minimum atomic E-state index is 0.646. The summed E-state index contributed by atoms with van der Waals surface area (Å²) >= 11 is 1.83. The molecule has 0 unspecified atom stereocenters. The van der Waals surface area contributed by atoms with Gasteiger partial charge in [-0.1, -0.05) is 109 Å². The number of furan rings is 1. The second-order valence-electron chi connectivity index (χ2n) is 12.1. The molecule has 218 valence electrons. The van der Waals surface area contributed by atoms with Gasteiger partial charge in [0, 0.05) is 48.0 Å². The molecule has 0 aliphatic rings. The number of nitrogens with zero attached hydrogens (tertiary/aromatic N) is 3. The monoisotopic (exact) mass is 617 g/mol. The number of rotatable bonds is 2. The van der Waals surface area contributed by atoms with E-state index < -0.39 is 0 Å². The van der Waals surface area contributed by atoms with Gasteiger partial charge in [0.1, 0.15) is 11.2 Å². The van der Waals surface area contributed by atoms with Crippen LogP contribution in [0.5, 0.6) is 0 Å². The minimum absolute atomic E-state index is 0.646. The Morgan fingerprint density at radius 3 is 2.17 bits per heavy atom. The first-order valence-corrected chi connectivity index (χ1v) is 16.6. The number of aromatic nitrogens is 3. The van der Waals surface area contributed by atoms with E-state index in [4.69, 9.17) is 14.4 Å². The van der Waals surface area contributed by atoms with Crippen LogP contribution in [-0.2, 0) is 0 Å². The van der Waals surface area contributed by atoms with Gasteiger partial charge in [-0.25, -0.2) is 9.97 Å². The van der Waals surface area contributed by atoms with Crippen molar-refractivity contribution in [2.24, 2.45) is 0 Å². The van der Waals surface area contributed by atoms with Crippen molar-refractivity contribution in [1.29, 1.82) is 0 Å². The average molecular weight is 618 g/mol. The Hall–Kier alpha value is -6.04. The van der Waals surface area contributed by atoms with Crippen LogP contribution in [-0.4, -0.2) is 14.5 Å². The molecular formula is C42H23N3OS. The second kappa shape index (κ2) is 9.25. The summed E-state index contributed by atoms with van der Waals surface area (Å²) in [5, 5.41) is 10.4. The lowest BCUT2D eigenvalue weighted by Crippen LogP contribution is -2.03. The van der Waals surface area contributed by atoms with Crippen molar-refractivity contribution in [3.05, 3.63) is 140 Å². The van der Waals surface area contributed by atoms with Gasteiger partial charge in [-0.2, -0.15) is 0 Å². The van der Waals surface area contributed by atoms with E-state index in [0.717, 1.165) is 60.5 Å². The number of fused-ring (bicyclic) bond motifs is 13. The average Bonchev–Trinajstić information content (AvgIpc) is 3.81. The highest BCUT2D eigenvalue weighted by Crippen LogP contribution is 2.45. The molecule has 0 aliphatic heterocycles. The van der Waals surface area contributed by atoms with E-state index in [0.29, 0.717) is 5.95 Å². The second-order valence-corrected chi connectivity index (χ2v) is 13.2. The van der Waals surface area contributed by atoms with Gasteiger partial charge in [0.15, 0.2) is 0 Å². The molecule has 0 aliphatic carbocycles.